The SMILES string of the molecule is CC(C1CC1)N(C)CC1CSCCN1. The summed E-state index contributed by atoms with van der Waals surface area (Å²) in [7, 11) is 2.28. The lowest BCUT2D eigenvalue weighted by atomic mass is 10.1. The molecule has 1 saturated heterocycles. The van der Waals surface area contributed by atoms with Gasteiger partial charge in [-0.05, 0) is 32.7 Å². The zero-order chi connectivity index (χ0) is 9.97. The van der Waals surface area contributed by atoms with Gasteiger partial charge in [0.2, 0.25) is 0 Å². The van der Waals surface area contributed by atoms with E-state index < -0.39 is 0 Å². The molecule has 2 aliphatic rings. The van der Waals surface area contributed by atoms with Gasteiger partial charge in [-0.25, -0.2) is 0 Å². The number of nitrogens with zero attached hydrogens (tertiary/aromatic N) is 1. The summed E-state index contributed by atoms with van der Waals surface area (Å²) in [5.74, 6) is 3.58. The summed E-state index contributed by atoms with van der Waals surface area (Å²) < 4.78 is 0. The summed E-state index contributed by atoms with van der Waals surface area (Å²) >= 11 is 2.09. The Bertz CT molecular complexity index is 176. The van der Waals surface area contributed by atoms with Gasteiger partial charge in [-0.3, -0.25) is 0 Å². The first-order valence-corrected chi connectivity index (χ1v) is 6.94. The molecule has 0 aromatic heterocycles. The van der Waals surface area contributed by atoms with E-state index in [4.69, 9.17) is 0 Å². The number of hydrogen-bond donors (Lipinski definition) is 1. The zero-order valence-corrected chi connectivity index (χ0v) is 10.1. The smallest absolute Gasteiger partial charge is 0.0285 e. The third-order valence-corrected chi connectivity index (χ3v) is 4.64. The molecule has 2 unspecified atom stereocenters. The normalized spacial score (nSPS) is 30.6. The van der Waals surface area contributed by atoms with Gasteiger partial charge in [0, 0.05) is 36.7 Å². The van der Waals surface area contributed by atoms with Crippen LogP contribution in [0.4, 0.5) is 0 Å². The molecule has 1 saturated carbocycles. The summed E-state index contributed by atoms with van der Waals surface area (Å²) in [6.07, 6.45) is 2.91. The Labute approximate surface area is 91.8 Å². The molecule has 1 heterocycles. The first-order chi connectivity index (χ1) is 6.77. The van der Waals surface area contributed by atoms with Gasteiger partial charge in [0.25, 0.3) is 0 Å². The lowest BCUT2D eigenvalue weighted by molar-refractivity contribution is 0.215. The average molecular weight is 214 g/mol. The van der Waals surface area contributed by atoms with E-state index in [0.29, 0.717) is 0 Å². The van der Waals surface area contributed by atoms with E-state index in [0.717, 1.165) is 18.0 Å². The molecule has 0 radical (unpaired) electrons. The first kappa shape index (κ1) is 10.8. The van der Waals surface area contributed by atoms with Crippen molar-refractivity contribution >= 4 is 11.8 Å². The van der Waals surface area contributed by atoms with E-state index in [1.54, 1.807) is 0 Å². The summed E-state index contributed by atoms with van der Waals surface area (Å²) in [5, 5.41) is 3.60. The molecule has 0 bridgehead atoms. The highest BCUT2D eigenvalue weighted by Gasteiger charge is 2.31. The van der Waals surface area contributed by atoms with Crippen LogP contribution in [0.3, 0.4) is 0 Å². The second-order valence-corrected chi connectivity index (χ2v) is 5.89. The van der Waals surface area contributed by atoms with Crippen LogP contribution in [-0.2, 0) is 0 Å². The van der Waals surface area contributed by atoms with Crippen LogP contribution in [0.15, 0.2) is 0 Å². The molecule has 0 aromatic rings. The van der Waals surface area contributed by atoms with Gasteiger partial charge in [-0.1, -0.05) is 0 Å². The maximum absolute atomic E-state index is 3.60. The minimum absolute atomic E-state index is 0.722. The van der Waals surface area contributed by atoms with E-state index in [-0.39, 0.29) is 0 Å². The van der Waals surface area contributed by atoms with Crippen LogP contribution in [0, 0.1) is 5.92 Å². The van der Waals surface area contributed by atoms with Crippen LogP contribution in [0.25, 0.3) is 0 Å². The molecule has 2 fully saturated rings. The summed E-state index contributed by atoms with van der Waals surface area (Å²) in [5.41, 5.74) is 0. The highest BCUT2D eigenvalue weighted by atomic mass is 32.2. The van der Waals surface area contributed by atoms with Gasteiger partial charge >= 0.3 is 0 Å². The Morgan fingerprint density at radius 3 is 2.86 bits per heavy atom. The molecule has 1 N–H and O–H groups in total. The zero-order valence-electron chi connectivity index (χ0n) is 9.33. The molecule has 2 nitrogen and oxygen atoms in total. The summed E-state index contributed by atoms with van der Waals surface area (Å²) in [4.78, 5) is 2.54. The topological polar surface area (TPSA) is 15.3 Å². The lowest BCUT2D eigenvalue weighted by Crippen LogP contribution is -2.47. The van der Waals surface area contributed by atoms with Crippen LogP contribution in [0.1, 0.15) is 19.8 Å². The monoisotopic (exact) mass is 214 g/mol. The molecule has 0 amide bonds. The maximum Gasteiger partial charge on any atom is 0.0285 e. The van der Waals surface area contributed by atoms with Gasteiger partial charge < -0.3 is 10.2 Å². The maximum atomic E-state index is 3.60. The van der Waals surface area contributed by atoms with Crippen molar-refractivity contribution in [1.29, 1.82) is 0 Å². The van der Waals surface area contributed by atoms with Crippen molar-refractivity contribution in [1.82, 2.24) is 10.2 Å². The third kappa shape index (κ3) is 2.88. The molecule has 0 aromatic carbocycles. The summed E-state index contributed by atoms with van der Waals surface area (Å²) in [6, 6.07) is 1.52. The van der Waals surface area contributed by atoms with Crippen molar-refractivity contribution in [3.63, 3.8) is 0 Å². The number of hydrogen-bond acceptors (Lipinski definition) is 3. The summed E-state index contributed by atoms with van der Waals surface area (Å²) in [6.45, 7) is 4.80. The third-order valence-electron chi connectivity index (χ3n) is 3.51. The molecule has 2 atom stereocenters. The first-order valence-electron chi connectivity index (χ1n) is 5.78. The van der Waals surface area contributed by atoms with Gasteiger partial charge in [-0.15, -0.1) is 0 Å². The Kier molecular flexibility index (Phi) is 3.74. The van der Waals surface area contributed by atoms with Crippen LogP contribution in [0.2, 0.25) is 0 Å². The van der Waals surface area contributed by atoms with E-state index in [1.165, 1.54) is 37.4 Å². The fourth-order valence-corrected chi connectivity index (χ4v) is 3.13. The van der Waals surface area contributed by atoms with Crippen molar-refractivity contribution in [3.8, 4) is 0 Å². The van der Waals surface area contributed by atoms with Crippen molar-refractivity contribution in [3.05, 3.63) is 0 Å². The lowest BCUT2D eigenvalue weighted by Gasteiger charge is -2.31. The Morgan fingerprint density at radius 2 is 2.29 bits per heavy atom. The van der Waals surface area contributed by atoms with Gasteiger partial charge in [0.15, 0.2) is 0 Å². The molecule has 14 heavy (non-hydrogen) atoms. The number of likely N-dealkylation sites (N-methyl/N-ethyl adjacent to an activating group) is 1. The number of nitrogens with one attached hydrogen (secondary N) is 1. The van der Waals surface area contributed by atoms with E-state index >= 15 is 0 Å². The van der Waals surface area contributed by atoms with Gasteiger partial charge in [0.05, 0.1) is 0 Å². The van der Waals surface area contributed by atoms with Crippen molar-refractivity contribution < 1.29 is 0 Å². The standard InChI is InChI=1S/C11H22N2S/c1-9(10-3-4-10)13(2)7-11-8-14-6-5-12-11/h9-12H,3-8H2,1-2H3. The van der Waals surface area contributed by atoms with E-state index in [1.807, 2.05) is 0 Å². The Morgan fingerprint density at radius 1 is 1.50 bits per heavy atom. The van der Waals surface area contributed by atoms with Crippen molar-refractivity contribution in [2.24, 2.45) is 5.92 Å². The molecule has 2 rings (SSSR count). The minimum atomic E-state index is 0.722. The van der Waals surface area contributed by atoms with E-state index in [2.05, 4.69) is 35.9 Å². The average Bonchev–Trinajstić information content (AvgIpc) is 3.01. The Balaban J connectivity index is 1.71. The molecule has 1 aliphatic carbocycles. The van der Waals surface area contributed by atoms with Crippen LogP contribution >= 0.6 is 11.8 Å². The highest BCUT2D eigenvalue weighted by molar-refractivity contribution is 7.99. The molecule has 1 aliphatic heterocycles. The highest BCUT2D eigenvalue weighted by Crippen LogP contribution is 2.34. The molecular formula is C11H22N2S. The molecular weight excluding hydrogens is 192 g/mol. The largest absolute Gasteiger partial charge is 0.311 e. The fraction of sp³-hybridized carbons (Fsp3) is 1.00. The van der Waals surface area contributed by atoms with Crippen molar-refractivity contribution in [2.75, 3.05) is 31.6 Å². The minimum Gasteiger partial charge on any atom is -0.311 e. The molecule has 3 heteroatoms. The predicted octanol–water partition coefficient (Wildman–Crippen LogP) is 1.42. The number of thioether (sulfide) groups is 1. The Hall–Kier alpha value is 0.270. The quantitative estimate of drug-likeness (QED) is 0.762. The number of rotatable bonds is 4. The second-order valence-electron chi connectivity index (χ2n) is 4.74. The van der Waals surface area contributed by atoms with Crippen LogP contribution in [-0.4, -0.2) is 48.6 Å². The predicted molar refractivity (Wildman–Crippen MR) is 63.9 cm³/mol. The van der Waals surface area contributed by atoms with Gasteiger partial charge in [-0.2, -0.15) is 11.8 Å². The second kappa shape index (κ2) is 4.86. The fourth-order valence-electron chi connectivity index (χ4n) is 2.19. The van der Waals surface area contributed by atoms with E-state index in [9.17, 15) is 0 Å². The van der Waals surface area contributed by atoms with Crippen molar-refractivity contribution in [2.45, 2.75) is 31.8 Å². The van der Waals surface area contributed by atoms with Crippen LogP contribution < -0.4 is 5.32 Å². The van der Waals surface area contributed by atoms with Crippen LogP contribution in [0.5, 0.6) is 0 Å². The molecule has 82 valence electrons. The molecule has 0 spiro atoms. The van der Waals surface area contributed by atoms with Gasteiger partial charge in [0.1, 0.15) is 0 Å².